The molecule has 0 aromatic heterocycles. The number of nitrogens with zero attached hydrogens (tertiary/aromatic N) is 1. The molecule has 0 saturated heterocycles. The minimum atomic E-state index is -1.00. The fourth-order valence-corrected chi connectivity index (χ4v) is 3.60. The van der Waals surface area contributed by atoms with Crippen molar-refractivity contribution in [1.29, 1.82) is 0 Å². The lowest BCUT2D eigenvalue weighted by molar-refractivity contribution is -0.139. The lowest BCUT2D eigenvalue weighted by Crippen LogP contribution is -2.19. The van der Waals surface area contributed by atoms with Crippen LogP contribution < -0.4 is 5.43 Å². The van der Waals surface area contributed by atoms with Crippen LogP contribution >= 0.6 is 12.2 Å². The molecule has 0 amide bonds. The number of hydrogen-bond donors (Lipinski definition) is 2. The quantitative estimate of drug-likeness (QED) is 0.396. The summed E-state index contributed by atoms with van der Waals surface area (Å²) >= 11 is 4.62. The van der Waals surface area contributed by atoms with E-state index in [-0.39, 0.29) is 17.6 Å². The molecule has 0 bridgehead atoms. The highest BCUT2D eigenvalue weighted by Gasteiger charge is 2.31. The van der Waals surface area contributed by atoms with Gasteiger partial charge in [-0.15, -0.1) is 0 Å². The number of hydrogen-bond acceptors (Lipinski definition) is 6. The van der Waals surface area contributed by atoms with Gasteiger partial charge >= 0.3 is 5.97 Å². The van der Waals surface area contributed by atoms with Gasteiger partial charge in [0.05, 0.1) is 16.8 Å². The van der Waals surface area contributed by atoms with E-state index >= 15 is 0 Å². The Morgan fingerprint density at radius 2 is 2.04 bits per heavy atom. The van der Waals surface area contributed by atoms with Gasteiger partial charge < -0.3 is 14.6 Å². The summed E-state index contributed by atoms with van der Waals surface area (Å²) in [4.78, 5) is 27.7. The third-order valence-electron chi connectivity index (χ3n) is 4.70. The van der Waals surface area contributed by atoms with Crippen LogP contribution in [0.4, 0.5) is 0 Å². The van der Waals surface area contributed by atoms with Crippen molar-refractivity contribution in [3.63, 3.8) is 0 Å². The van der Waals surface area contributed by atoms with Gasteiger partial charge in [0.2, 0.25) is 0 Å². The van der Waals surface area contributed by atoms with Crippen LogP contribution in [0.3, 0.4) is 0 Å². The van der Waals surface area contributed by atoms with Crippen molar-refractivity contribution in [2.75, 3.05) is 0 Å². The summed E-state index contributed by atoms with van der Waals surface area (Å²) in [6.45, 7) is 0. The van der Waals surface area contributed by atoms with Crippen molar-refractivity contribution in [2.24, 2.45) is 10.9 Å². The molecule has 7 heteroatoms. The van der Waals surface area contributed by atoms with Crippen molar-refractivity contribution in [3.05, 3.63) is 70.0 Å². The number of aromatic hydroxyl groups is 1. The number of phenols is 1. The summed E-state index contributed by atoms with van der Waals surface area (Å²) in [5.74, 6) is -1.54. The van der Waals surface area contributed by atoms with Crippen LogP contribution in [0.2, 0.25) is 0 Å². The van der Waals surface area contributed by atoms with Gasteiger partial charge in [0.25, 0.3) is 0 Å². The van der Waals surface area contributed by atoms with Gasteiger partial charge in [-0.3, -0.25) is 9.59 Å². The van der Waals surface area contributed by atoms with Crippen LogP contribution in [-0.4, -0.2) is 21.3 Å². The molecule has 4 rings (SSSR count). The van der Waals surface area contributed by atoms with Crippen molar-refractivity contribution >= 4 is 39.9 Å². The normalized spacial score (nSPS) is 16.4. The number of aliphatic imine (C=N–C) groups is 1. The van der Waals surface area contributed by atoms with Crippen LogP contribution in [0.5, 0.6) is 5.75 Å². The standard InChI is InChI=1S/C21H13NO5S/c23-12-2-5-15-18(8-12)27-19-9-13(24)3-6-16(19)20(15)14-4-1-11(22-10-28)7-17(14)21(25)26/h1-6,8-9,17,23H,7H2,(H,25,26)/t17-/m1/s1. The monoisotopic (exact) mass is 391 g/mol. The Bertz CT molecular complexity index is 1260. The predicted octanol–water partition coefficient (Wildman–Crippen LogP) is 4.08. The molecule has 1 heterocycles. The third-order valence-corrected chi connectivity index (χ3v) is 4.79. The maximum absolute atomic E-state index is 12.0. The fraction of sp³-hybridized carbons (Fsp3) is 0.0952. The maximum Gasteiger partial charge on any atom is 0.311 e. The molecular weight excluding hydrogens is 378 g/mol. The number of phenolic OH excluding ortho intramolecular Hbond substituents is 1. The van der Waals surface area contributed by atoms with Gasteiger partial charge in [-0.05, 0) is 48.1 Å². The lowest BCUT2D eigenvalue weighted by atomic mass is 9.81. The predicted molar refractivity (Wildman–Crippen MR) is 108 cm³/mol. The highest BCUT2D eigenvalue weighted by molar-refractivity contribution is 7.78. The number of carbonyl (C=O) groups is 1. The molecule has 3 aliphatic rings. The zero-order valence-electron chi connectivity index (χ0n) is 14.4. The molecule has 2 N–H and O–H groups in total. The molecule has 0 radical (unpaired) electrons. The second-order valence-corrected chi connectivity index (χ2v) is 6.58. The molecule has 2 aliphatic carbocycles. The lowest BCUT2D eigenvalue weighted by Gasteiger charge is -2.24. The molecule has 28 heavy (non-hydrogen) atoms. The van der Waals surface area contributed by atoms with E-state index in [1.807, 2.05) is 0 Å². The minimum Gasteiger partial charge on any atom is -0.508 e. The number of rotatable bonds is 3. The van der Waals surface area contributed by atoms with Crippen molar-refractivity contribution in [1.82, 2.24) is 0 Å². The van der Waals surface area contributed by atoms with E-state index < -0.39 is 11.9 Å². The molecule has 1 aliphatic heterocycles. The number of benzene rings is 2. The van der Waals surface area contributed by atoms with Crippen LogP contribution in [0.1, 0.15) is 12.0 Å². The molecule has 1 aromatic rings. The Kier molecular flexibility index (Phi) is 4.39. The number of thiocarbonyl (C=S) groups is 1. The minimum absolute atomic E-state index is 0.00439. The Balaban J connectivity index is 2.09. The van der Waals surface area contributed by atoms with E-state index in [1.54, 1.807) is 24.3 Å². The summed E-state index contributed by atoms with van der Waals surface area (Å²) in [6.07, 6.45) is 3.57. The Morgan fingerprint density at radius 3 is 2.79 bits per heavy atom. The second kappa shape index (κ2) is 6.88. The van der Waals surface area contributed by atoms with Crippen LogP contribution in [0, 0.1) is 5.92 Å². The average Bonchev–Trinajstić information content (AvgIpc) is 2.66. The number of isothiocyanates is 1. The topological polar surface area (TPSA) is 100 Å². The maximum atomic E-state index is 12.0. The number of aliphatic carboxylic acids is 1. The molecule has 0 saturated carbocycles. The van der Waals surface area contributed by atoms with E-state index in [4.69, 9.17) is 4.42 Å². The Morgan fingerprint density at radius 1 is 1.21 bits per heavy atom. The van der Waals surface area contributed by atoms with Crippen LogP contribution in [0.15, 0.2) is 68.5 Å². The number of carboxylic acids is 1. The molecule has 1 aromatic carbocycles. The van der Waals surface area contributed by atoms with E-state index in [2.05, 4.69) is 22.4 Å². The summed E-state index contributed by atoms with van der Waals surface area (Å²) in [6, 6.07) is 8.99. The van der Waals surface area contributed by atoms with Gasteiger partial charge in [0.15, 0.2) is 5.43 Å². The Labute approximate surface area is 164 Å². The van der Waals surface area contributed by atoms with Crippen LogP contribution in [0.25, 0.3) is 27.9 Å². The first kappa shape index (κ1) is 17.9. The van der Waals surface area contributed by atoms with Gasteiger partial charge in [-0.25, -0.2) is 0 Å². The van der Waals surface area contributed by atoms with E-state index in [0.29, 0.717) is 39.1 Å². The molecule has 6 nitrogen and oxygen atoms in total. The van der Waals surface area contributed by atoms with E-state index in [1.165, 1.54) is 24.3 Å². The van der Waals surface area contributed by atoms with Gasteiger partial charge in [-0.1, -0.05) is 6.08 Å². The largest absolute Gasteiger partial charge is 0.508 e. The van der Waals surface area contributed by atoms with Gasteiger partial charge in [0, 0.05) is 35.1 Å². The smallest absolute Gasteiger partial charge is 0.311 e. The SMILES string of the molecule is O=C(O)[C@@H]1CC(N=C=S)=CC=C1c1c2ccc(=O)cc-2oc2cc(O)ccc12. The first-order valence-electron chi connectivity index (χ1n) is 8.39. The zero-order chi connectivity index (χ0) is 19.8. The van der Waals surface area contributed by atoms with Gasteiger partial charge in [0.1, 0.15) is 17.1 Å². The van der Waals surface area contributed by atoms with Crippen LogP contribution in [-0.2, 0) is 4.79 Å². The molecule has 0 spiro atoms. The van der Waals surface area contributed by atoms with E-state index in [9.17, 15) is 19.8 Å². The third kappa shape index (κ3) is 3.03. The first-order valence-corrected chi connectivity index (χ1v) is 8.80. The Hall–Kier alpha value is -3.54. The van der Waals surface area contributed by atoms with Crippen molar-refractivity contribution in [3.8, 4) is 17.1 Å². The molecule has 0 unspecified atom stereocenters. The average molecular weight is 391 g/mol. The highest BCUT2D eigenvalue weighted by Crippen LogP contribution is 2.43. The van der Waals surface area contributed by atoms with E-state index in [0.717, 1.165) is 0 Å². The zero-order valence-corrected chi connectivity index (χ0v) is 15.2. The van der Waals surface area contributed by atoms with Crippen molar-refractivity contribution in [2.45, 2.75) is 6.42 Å². The van der Waals surface area contributed by atoms with Gasteiger partial charge in [-0.2, -0.15) is 4.99 Å². The number of carboxylic acid groups (broad SMARTS) is 1. The number of fused-ring (bicyclic) bond motifs is 2. The molecule has 1 atom stereocenters. The summed E-state index contributed by atoms with van der Waals surface area (Å²) in [5, 5.41) is 22.5. The molecule has 138 valence electrons. The summed E-state index contributed by atoms with van der Waals surface area (Å²) < 4.78 is 5.80. The summed E-state index contributed by atoms with van der Waals surface area (Å²) in [5.41, 5.74) is 2.47. The highest BCUT2D eigenvalue weighted by atomic mass is 32.1. The molecular formula is C21H13NO5S. The second-order valence-electron chi connectivity index (χ2n) is 6.39. The van der Waals surface area contributed by atoms with Crippen molar-refractivity contribution < 1.29 is 19.4 Å². The fourth-order valence-electron chi connectivity index (χ4n) is 3.48. The summed E-state index contributed by atoms with van der Waals surface area (Å²) in [7, 11) is 0. The molecule has 0 fully saturated rings. The first-order chi connectivity index (χ1) is 13.5. The number of allylic oxidation sites excluding steroid dienone is 3.